The smallest absolute Gasteiger partial charge is 0.305 e. The predicted octanol–water partition coefficient (Wildman–Crippen LogP) is 22.5. The second kappa shape index (κ2) is 67.3. The Morgan fingerprint density at radius 2 is 0.641 bits per heavy atom. The van der Waals surface area contributed by atoms with Gasteiger partial charge in [0.05, 0.1) is 25.4 Å². The number of esters is 1. The molecule has 0 aliphatic carbocycles. The lowest BCUT2D eigenvalue weighted by Gasteiger charge is -2.20. The maximum atomic E-state index is 12.5. The van der Waals surface area contributed by atoms with E-state index in [-0.39, 0.29) is 18.5 Å². The standard InChI is InChI=1S/C72H135NO5/c1-3-5-7-9-11-13-15-17-19-20-30-33-37-40-44-48-52-56-60-64-70(75)69(68-74)73-71(76)65-61-57-53-49-45-41-38-34-31-28-26-24-22-21-23-25-27-29-32-35-39-43-47-51-55-59-63-67-78-72(77)66-62-58-54-50-46-42-36-18-16-14-12-10-8-6-4-2/h12,14,18,21-22,36,60,64,69-70,74-75H,3-11,13,15-17,19-20,23-35,37-59,61-63,65-68H2,1-2H3,(H,73,76)/b14-12-,22-21-,36-18-,64-60+. The number of hydrogen-bond donors (Lipinski definition) is 3. The monoisotopic (exact) mass is 1090 g/mol. The fourth-order valence-electron chi connectivity index (χ4n) is 10.7. The molecule has 0 aromatic heterocycles. The molecule has 0 aromatic rings. The first-order valence-corrected chi connectivity index (χ1v) is 34.9. The number of allylic oxidation sites excluding steroid dienone is 7. The highest BCUT2D eigenvalue weighted by Crippen LogP contribution is 2.18. The van der Waals surface area contributed by atoms with E-state index in [4.69, 9.17) is 4.74 Å². The number of nitrogens with one attached hydrogen (secondary N) is 1. The van der Waals surface area contributed by atoms with Gasteiger partial charge in [-0.25, -0.2) is 0 Å². The van der Waals surface area contributed by atoms with E-state index >= 15 is 0 Å². The first-order chi connectivity index (χ1) is 38.5. The van der Waals surface area contributed by atoms with Crippen LogP contribution in [-0.4, -0.2) is 47.4 Å². The largest absolute Gasteiger partial charge is 0.466 e. The number of carbonyl (C=O) groups is 2. The van der Waals surface area contributed by atoms with E-state index in [1.165, 1.54) is 295 Å². The van der Waals surface area contributed by atoms with Gasteiger partial charge in [0.1, 0.15) is 0 Å². The number of hydrogen-bond acceptors (Lipinski definition) is 5. The molecule has 0 fully saturated rings. The van der Waals surface area contributed by atoms with Crippen molar-refractivity contribution in [1.29, 1.82) is 0 Å². The summed E-state index contributed by atoms with van der Waals surface area (Å²) in [6.07, 6.45) is 87.5. The van der Waals surface area contributed by atoms with Crippen molar-refractivity contribution in [2.75, 3.05) is 13.2 Å². The van der Waals surface area contributed by atoms with Crippen LogP contribution >= 0.6 is 0 Å². The highest BCUT2D eigenvalue weighted by atomic mass is 16.5. The normalized spacial score (nSPS) is 12.8. The van der Waals surface area contributed by atoms with Crippen LogP contribution in [0, 0.1) is 0 Å². The van der Waals surface area contributed by atoms with Crippen molar-refractivity contribution in [3.63, 3.8) is 0 Å². The molecule has 0 spiro atoms. The lowest BCUT2D eigenvalue weighted by molar-refractivity contribution is -0.143. The fraction of sp³-hybridized carbons (Fsp3) is 0.861. The quantitative estimate of drug-likeness (QED) is 0.0320. The molecule has 0 heterocycles. The van der Waals surface area contributed by atoms with E-state index in [1.807, 2.05) is 6.08 Å². The number of aliphatic hydroxyl groups is 2. The number of ether oxygens (including phenoxy) is 1. The summed E-state index contributed by atoms with van der Waals surface area (Å²) in [6, 6.07) is -0.630. The highest BCUT2D eigenvalue weighted by molar-refractivity contribution is 5.76. The van der Waals surface area contributed by atoms with Gasteiger partial charge < -0.3 is 20.3 Å². The van der Waals surface area contributed by atoms with Crippen LogP contribution in [0.1, 0.15) is 373 Å². The molecule has 0 radical (unpaired) electrons. The third kappa shape index (κ3) is 63.0. The van der Waals surface area contributed by atoms with Crippen molar-refractivity contribution in [2.45, 2.75) is 386 Å². The van der Waals surface area contributed by atoms with Gasteiger partial charge in [-0.3, -0.25) is 9.59 Å². The average Bonchev–Trinajstić information content (AvgIpc) is 3.44. The van der Waals surface area contributed by atoms with Gasteiger partial charge in [0.25, 0.3) is 0 Å². The molecule has 0 aliphatic rings. The molecule has 78 heavy (non-hydrogen) atoms. The Kier molecular flexibility index (Phi) is 65.4. The predicted molar refractivity (Wildman–Crippen MR) is 342 cm³/mol. The zero-order chi connectivity index (χ0) is 56.4. The molecule has 0 rings (SSSR count). The van der Waals surface area contributed by atoms with Crippen LogP contribution in [0.15, 0.2) is 48.6 Å². The molecule has 6 heteroatoms. The van der Waals surface area contributed by atoms with Crippen molar-refractivity contribution in [3.8, 4) is 0 Å². The summed E-state index contributed by atoms with van der Waals surface area (Å²) in [7, 11) is 0. The summed E-state index contributed by atoms with van der Waals surface area (Å²) in [5.74, 6) is -0.0655. The summed E-state index contributed by atoms with van der Waals surface area (Å²) in [5, 5.41) is 23.2. The van der Waals surface area contributed by atoms with Gasteiger partial charge in [0.2, 0.25) is 5.91 Å². The maximum Gasteiger partial charge on any atom is 0.305 e. The van der Waals surface area contributed by atoms with Crippen LogP contribution in [-0.2, 0) is 14.3 Å². The number of unbranched alkanes of at least 4 members (excludes halogenated alkanes) is 48. The number of carbonyl (C=O) groups excluding carboxylic acids is 2. The van der Waals surface area contributed by atoms with Gasteiger partial charge in [-0.1, -0.05) is 319 Å². The Balaban J connectivity index is 3.42. The van der Waals surface area contributed by atoms with Crippen LogP contribution in [0.3, 0.4) is 0 Å². The van der Waals surface area contributed by atoms with E-state index in [0.717, 1.165) is 51.4 Å². The molecule has 0 saturated carbocycles. The first kappa shape index (κ1) is 75.8. The van der Waals surface area contributed by atoms with E-state index in [0.29, 0.717) is 19.4 Å². The molecule has 0 bridgehead atoms. The van der Waals surface area contributed by atoms with Crippen molar-refractivity contribution in [1.82, 2.24) is 5.32 Å². The molecule has 0 saturated heterocycles. The Labute approximate surface area is 486 Å². The summed E-state index contributed by atoms with van der Waals surface area (Å²) in [4.78, 5) is 24.6. The van der Waals surface area contributed by atoms with Crippen LogP contribution in [0.5, 0.6) is 0 Å². The number of amides is 1. The van der Waals surface area contributed by atoms with Crippen LogP contribution in [0.2, 0.25) is 0 Å². The van der Waals surface area contributed by atoms with Gasteiger partial charge in [-0.2, -0.15) is 0 Å². The zero-order valence-electron chi connectivity index (χ0n) is 52.4. The number of aliphatic hydroxyl groups excluding tert-OH is 2. The third-order valence-electron chi connectivity index (χ3n) is 16.1. The Morgan fingerprint density at radius 1 is 0.359 bits per heavy atom. The fourth-order valence-corrected chi connectivity index (χ4v) is 10.7. The summed E-state index contributed by atoms with van der Waals surface area (Å²) in [6.45, 7) is 4.90. The SMILES string of the molecule is CCCCC/C=C\C/C=C\CCCCCCCC(=O)OCCCCCCCCCCCCCC/C=C\CCCCCCCCCCCCCC(=O)NC(CO)C(O)/C=C/CCCCCCCCCCCCCCCCCCC. The van der Waals surface area contributed by atoms with Crippen LogP contribution < -0.4 is 5.32 Å². The molecule has 2 unspecified atom stereocenters. The molecular weight excluding hydrogens is 959 g/mol. The van der Waals surface area contributed by atoms with Gasteiger partial charge in [-0.05, 0) is 89.9 Å². The van der Waals surface area contributed by atoms with Crippen LogP contribution in [0.25, 0.3) is 0 Å². The minimum atomic E-state index is -0.846. The highest BCUT2D eigenvalue weighted by Gasteiger charge is 2.18. The first-order valence-electron chi connectivity index (χ1n) is 34.9. The molecule has 6 nitrogen and oxygen atoms in total. The van der Waals surface area contributed by atoms with E-state index in [1.54, 1.807) is 6.08 Å². The molecule has 3 N–H and O–H groups in total. The van der Waals surface area contributed by atoms with Crippen molar-refractivity contribution < 1.29 is 24.5 Å². The Hall–Kier alpha value is -2.18. The lowest BCUT2D eigenvalue weighted by Crippen LogP contribution is -2.45. The van der Waals surface area contributed by atoms with Gasteiger partial charge in [0, 0.05) is 12.8 Å². The molecular formula is C72H135NO5. The lowest BCUT2D eigenvalue weighted by atomic mass is 10.0. The van der Waals surface area contributed by atoms with E-state index in [2.05, 4.69) is 55.6 Å². The Bertz CT molecular complexity index is 1310. The molecule has 2 atom stereocenters. The second-order valence-electron chi connectivity index (χ2n) is 23.9. The van der Waals surface area contributed by atoms with Crippen molar-refractivity contribution >= 4 is 11.9 Å². The van der Waals surface area contributed by atoms with Gasteiger partial charge in [-0.15, -0.1) is 0 Å². The topological polar surface area (TPSA) is 95.9 Å². The minimum Gasteiger partial charge on any atom is -0.466 e. The molecule has 458 valence electrons. The zero-order valence-corrected chi connectivity index (χ0v) is 52.4. The van der Waals surface area contributed by atoms with Gasteiger partial charge >= 0.3 is 5.97 Å². The molecule has 1 amide bonds. The minimum absolute atomic E-state index is 0.000775. The summed E-state index contributed by atoms with van der Waals surface area (Å²) >= 11 is 0. The second-order valence-corrected chi connectivity index (χ2v) is 23.9. The third-order valence-corrected chi connectivity index (χ3v) is 16.1. The Morgan fingerprint density at radius 3 is 1.01 bits per heavy atom. The van der Waals surface area contributed by atoms with E-state index < -0.39 is 12.1 Å². The maximum absolute atomic E-state index is 12.5. The van der Waals surface area contributed by atoms with E-state index in [9.17, 15) is 19.8 Å². The van der Waals surface area contributed by atoms with Crippen molar-refractivity contribution in [3.05, 3.63) is 48.6 Å². The average molecular weight is 1090 g/mol. The summed E-state index contributed by atoms with van der Waals surface area (Å²) < 4.78 is 5.48. The number of rotatable bonds is 65. The summed E-state index contributed by atoms with van der Waals surface area (Å²) in [5.41, 5.74) is 0. The molecule has 0 aliphatic heterocycles. The van der Waals surface area contributed by atoms with Gasteiger partial charge in [0.15, 0.2) is 0 Å². The van der Waals surface area contributed by atoms with Crippen LogP contribution in [0.4, 0.5) is 0 Å². The van der Waals surface area contributed by atoms with Crippen molar-refractivity contribution in [2.24, 2.45) is 0 Å². The molecule has 0 aromatic carbocycles.